The van der Waals surface area contributed by atoms with E-state index in [4.69, 9.17) is 19.3 Å². The molecule has 5 unspecified atom stereocenters. The molecule has 7 nitrogen and oxygen atoms in total. The molecule has 4 N–H and O–H groups in total. The van der Waals surface area contributed by atoms with Crippen LogP contribution in [0.2, 0.25) is 0 Å². The van der Waals surface area contributed by atoms with Gasteiger partial charge >= 0.3 is 0 Å². The molecule has 1 aliphatic heterocycles. The van der Waals surface area contributed by atoms with E-state index in [1.807, 2.05) is 24.3 Å². The highest BCUT2D eigenvalue weighted by Gasteiger charge is 2.43. The lowest BCUT2D eigenvalue weighted by Gasteiger charge is -2.39. The molecule has 0 bridgehead atoms. The van der Waals surface area contributed by atoms with Crippen molar-refractivity contribution in [2.45, 2.75) is 43.5 Å². The van der Waals surface area contributed by atoms with E-state index in [1.165, 1.54) is 0 Å². The van der Waals surface area contributed by atoms with Crippen molar-refractivity contribution >= 4 is 0 Å². The van der Waals surface area contributed by atoms with Crippen LogP contribution in [0.25, 0.3) is 0 Å². The highest BCUT2D eigenvalue weighted by atomic mass is 16.7. The van der Waals surface area contributed by atoms with Crippen molar-refractivity contribution in [1.29, 1.82) is 0 Å². The van der Waals surface area contributed by atoms with E-state index in [0.717, 1.165) is 17.7 Å². The van der Waals surface area contributed by atoms with Gasteiger partial charge in [0.05, 0.1) is 20.3 Å². The number of methoxy groups -OCH3 is 1. The summed E-state index contributed by atoms with van der Waals surface area (Å²) in [6, 6.07) is 7.70. The van der Waals surface area contributed by atoms with Crippen molar-refractivity contribution < 1.29 is 34.6 Å². The predicted molar refractivity (Wildman–Crippen MR) is 81.0 cm³/mol. The molecule has 1 aromatic carbocycles. The maximum atomic E-state index is 9.84. The molecule has 1 fully saturated rings. The summed E-state index contributed by atoms with van der Waals surface area (Å²) in [5, 5.41) is 38.3. The van der Waals surface area contributed by atoms with Gasteiger partial charge in [0.2, 0.25) is 0 Å². The number of rotatable bonds is 7. The predicted octanol–water partition coefficient (Wildman–Crippen LogP) is -0.556. The Balaban J connectivity index is 1.76. The van der Waals surface area contributed by atoms with E-state index in [2.05, 4.69) is 0 Å². The summed E-state index contributed by atoms with van der Waals surface area (Å²) >= 11 is 0. The minimum atomic E-state index is -1.41. The summed E-state index contributed by atoms with van der Waals surface area (Å²) in [5.41, 5.74) is 1.13. The Labute approximate surface area is 135 Å². The van der Waals surface area contributed by atoms with Crippen LogP contribution in [-0.2, 0) is 15.9 Å². The summed E-state index contributed by atoms with van der Waals surface area (Å²) in [7, 11) is 1.61. The Morgan fingerprint density at radius 2 is 1.74 bits per heavy atom. The maximum absolute atomic E-state index is 9.84. The lowest BCUT2D eigenvalue weighted by molar-refractivity contribution is -0.301. The Bertz CT molecular complexity index is 462. The van der Waals surface area contributed by atoms with E-state index >= 15 is 0 Å². The summed E-state index contributed by atoms with van der Waals surface area (Å²) in [4.78, 5) is 0. The summed E-state index contributed by atoms with van der Waals surface area (Å²) in [6.07, 6.45) is -4.67. The average molecular weight is 328 g/mol. The topological polar surface area (TPSA) is 109 Å². The molecule has 5 atom stereocenters. The fourth-order valence-corrected chi connectivity index (χ4v) is 2.47. The van der Waals surface area contributed by atoms with Gasteiger partial charge in [-0.1, -0.05) is 12.1 Å². The molecule has 130 valence electrons. The highest BCUT2D eigenvalue weighted by Crippen LogP contribution is 2.22. The van der Waals surface area contributed by atoms with Crippen LogP contribution in [0.4, 0.5) is 0 Å². The number of benzene rings is 1. The maximum Gasteiger partial charge on any atom is 0.186 e. The minimum Gasteiger partial charge on any atom is -0.497 e. The molecule has 23 heavy (non-hydrogen) atoms. The average Bonchev–Trinajstić information content (AvgIpc) is 2.59. The van der Waals surface area contributed by atoms with Gasteiger partial charge in [-0.2, -0.15) is 0 Å². The van der Waals surface area contributed by atoms with E-state index in [-0.39, 0.29) is 0 Å². The molecule has 0 radical (unpaired) electrons. The largest absolute Gasteiger partial charge is 0.497 e. The summed E-state index contributed by atoms with van der Waals surface area (Å²) < 4.78 is 15.8. The Kier molecular flexibility index (Phi) is 6.76. The standard InChI is InChI=1S/C16H24O7/c1-21-11-6-4-10(5-7-11)3-2-8-22-16-15(20)14(19)13(18)12(9-17)23-16/h4-7,12-20H,2-3,8-9H2,1H3. The fourth-order valence-electron chi connectivity index (χ4n) is 2.47. The lowest BCUT2D eigenvalue weighted by Crippen LogP contribution is -2.59. The zero-order valence-electron chi connectivity index (χ0n) is 13.0. The monoisotopic (exact) mass is 328 g/mol. The highest BCUT2D eigenvalue weighted by molar-refractivity contribution is 5.27. The summed E-state index contributed by atoms with van der Waals surface area (Å²) in [5.74, 6) is 0.798. The fraction of sp³-hybridized carbons (Fsp3) is 0.625. The first-order valence-corrected chi connectivity index (χ1v) is 7.62. The number of hydrogen-bond acceptors (Lipinski definition) is 7. The van der Waals surface area contributed by atoms with Crippen LogP contribution in [0.15, 0.2) is 24.3 Å². The molecule has 1 saturated heterocycles. The number of hydrogen-bond donors (Lipinski definition) is 4. The van der Waals surface area contributed by atoms with Gasteiger partial charge in [0.15, 0.2) is 6.29 Å². The molecule has 0 amide bonds. The van der Waals surface area contributed by atoms with Gasteiger partial charge in [0.1, 0.15) is 30.2 Å². The van der Waals surface area contributed by atoms with E-state index in [0.29, 0.717) is 13.0 Å². The van der Waals surface area contributed by atoms with Crippen molar-refractivity contribution in [2.24, 2.45) is 0 Å². The third-order valence-corrected chi connectivity index (χ3v) is 3.90. The van der Waals surface area contributed by atoms with Crippen molar-refractivity contribution in [3.63, 3.8) is 0 Å². The van der Waals surface area contributed by atoms with Crippen molar-refractivity contribution in [3.05, 3.63) is 29.8 Å². The molecular formula is C16H24O7. The molecule has 2 rings (SSSR count). The van der Waals surface area contributed by atoms with Gasteiger partial charge in [-0.25, -0.2) is 0 Å². The molecule has 0 aromatic heterocycles. The molecule has 1 aliphatic rings. The zero-order valence-corrected chi connectivity index (χ0v) is 13.0. The van der Waals surface area contributed by atoms with Crippen molar-refractivity contribution in [2.75, 3.05) is 20.3 Å². The third kappa shape index (κ3) is 4.63. The first-order valence-electron chi connectivity index (χ1n) is 7.62. The first kappa shape index (κ1) is 18.1. The zero-order chi connectivity index (χ0) is 16.8. The quantitative estimate of drug-likeness (QED) is 0.497. The van der Waals surface area contributed by atoms with Crippen LogP contribution in [0.5, 0.6) is 5.75 Å². The van der Waals surface area contributed by atoms with Gasteiger partial charge in [0.25, 0.3) is 0 Å². The van der Waals surface area contributed by atoms with Crippen molar-refractivity contribution in [1.82, 2.24) is 0 Å². The second kappa shape index (κ2) is 8.58. The van der Waals surface area contributed by atoms with E-state index in [1.54, 1.807) is 7.11 Å². The molecule has 0 spiro atoms. The van der Waals surface area contributed by atoms with Gasteiger partial charge in [0, 0.05) is 0 Å². The second-order valence-corrected chi connectivity index (χ2v) is 5.52. The third-order valence-electron chi connectivity index (χ3n) is 3.90. The van der Waals surface area contributed by atoms with Crippen LogP contribution in [0, 0.1) is 0 Å². The number of aliphatic hydroxyl groups is 4. The molecule has 7 heteroatoms. The Hall–Kier alpha value is -1.22. The molecule has 0 aliphatic carbocycles. The van der Waals surface area contributed by atoms with Crippen LogP contribution in [-0.4, -0.2) is 71.5 Å². The van der Waals surface area contributed by atoms with Gasteiger partial charge in [-0.15, -0.1) is 0 Å². The van der Waals surface area contributed by atoms with E-state index < -0.39 is 37.3 Å². The summed E-state index contributed by atoms with van der Waals surface area (Å²) in [6.45, 7) is -0.147. The van der Waals surface area contributed by atoms with Crippen LogP contribution >= 0.6 is 0 Å². The smallest absolute Gasteiger partial charge is 0.186 e. The molecule has 1 heterocycles. The number of ether oxygens (including phenoxy) is 3. The van der Waals surface area contributed by atoms with Crippen LogP contribution in [0.1, 0.15) is 12.0 Å². The molecular weight excluding hydrogens is 304 g/mol. The lowest BCUT2D eigenvalue weighted by atomic mass is 9.99. The van der Waals surface area contributed by atoms with Crippen LogP contribution < -0.4 is 4.74 Å². The molecule has 1 aromatic rings. The molecule has 0 saturated carbocycles. The SMILES string of the molecule is COc1ccc(CCCOC2OC(CO)C(O)C(O)C2O)cc1. The van der Waals surface area contributed by atoms with E-state index in [9.17, 15) is 15.3 Å². The second-order valence-electron chi connectivity index (χ2n) is 5.52. The Morgan fingerprint density at radius 1 is 1.04 bits per heavy atom. The van der Waals surface area contributed by atoms with Gasteiger partial charge in [-0.05, 0) is 30.5 Å². The van der Waals surface area contributed by atoms with Crippen LogP contribution in [0.3, 0.4) is 0 Å². The number of aliphatic hydroxyl groups excluding tert-OH is 4. The first-order chi connectivity index (χ1) is 11.1. The number of aryl methyl sites for hydroxylation is 1. The van der Waals surface area contributed by atoms with Gasteiger partial charge in [-0.3, -0.25) is 0 Å². The minimum absolute atomic E-state index is 0.314. The normalized spacial score (nSPS) is 31.1. The van der Waals surface area contributed by atoms with Crippen molar-refractivity contribution in [3.8, 4) is 5.75 Å². The van der Waals surface area contributed by atoms with Gasteiger partial charge < -0.3 is 34.6 Å². The Morgan fingerprint density at radius 3 is 2.35 bits per heavy atom.